The van der Waals surface area contributed by atoms with Crippen LogP contribution in [0.5, 0.6) is 46.3 Å². The van der Waals surface area contributed by atoms with Crippen LogP contribution >= 0.6 is 0 Å². The Bertz CT molecular complexity index is 2530. The summed E-state index contributed by atoms with van der Waals surface area (Å²) >= 11 is 0. The fourth-order valence-electron chi connectivity index (χ4n) is 7.05. The van der Waals surface area contributed by atoms with Gasteiger partial charge < -0.3 is 18.9 Å². The smallest absolute Gasteiger partial charge is 0.234 e. The van der Waals surface area contributed by atoms with Crippen molar-refractivity contribution in [2.45, 2.75) is 54.4 Å². The quantitative estimate of drug-likeness (QED) is 0.115. The summed E-state index contributed by atoms with van der Waals surface area (Å²) < 4.78 is 27.7. The number of fused-ring (bicyclic) bond motifs is 3. The van der Waals surface area contributed by atoms with Crippen LogP contribution in [-0.2, 0) is 12.8 Å². The highest BCUT2D eigenvalue weighted by atomic mass is 16.5. The lowest BCUT2D eigenvalue weighted by Crippen LogP contribution is -2.00. The van der Waals surface area contributed by atoms with Crippen LogP contribution < -0.4 is 18.9 Å². The highest BCUT2D eigenvalue weighted by Gasteiger charge is 2.18. The fourth-order valence-corrected chi connectivity index (χ4v) is 7.05. The minimum absolute atomic E-state index is 0.451. The molecule has 57 heavy (non-hydrogen) atoms. The van der Waals surface area contributed by atoms with Crippen LogP contribution in [0, 0.1) is 25.7 Å². The van der Waals surface area contributed by atoms with Crippen LogP contribution in [0.2, 0.25) is 0 Å². The Morgan fingerprint density at radius 2 is 0.895 bits per heavy atom. The predicted octanol–water partition coefficient (Wildman–Crippen LogP) is 12.5. The van der Waals surface area contributed by atoms with Gasteiger partial charge in [0.2, 0.25) is 17.7 Å². The molecule has 0 atom stereocenters. The van der Waals surface area contributed by atoms with Crippen molar-refractivity contribution >= 4 is 21.8 Å². The fraction of sp³-hybridized carbons (Fsp3) is 0.208. The van der Waals surface area contributed by atoms with E-state index in [4.69, 9.17) is 18.9 Å². The van der Waals surface area contributed by atoms with Gasteiger partial charge in [0.1, 0.15) is 34.5 Å². The van der Waals surface area contributed by atoms with Crippen molar-refractivity contribution in [3.8, 4) is 52.2 Å². The third kappa shape index (κ3) is 8.89. The van der Waals surface area contributed by atoms with Crippen molar-refractivity contribution in [2.24, 2.45) is 11.8 Å². The molecule has 0 aliphatic heterocycles. The van der Waals surface area contributed by atoms with E-state index in [0.717, 1.165) is 56.9 Å². The summed E-state index contributed by atoms with van der Waals surface area (Å²) in [6.07, 6.45) is 8.74. The second-order valence-corrected chi connectivity index (χ2v) is 15.3. The van der Waals surface area contributed by atoms with Crippen LogP contribution in [0.4, 0.5) is 0 Å². The number of ether oxygens (including phenoxy) is 4. The largest absolute Gasteiger partial charge is 0.457 e. The molecule has 9 heteroatoms. The Morgan fingerprint density at radius 1 is 0.456 bits per heavy atom. The zero-order valence-corrected chi connectivity index (χ0v) is 33.1. The highest BCUT2D eigenvalue weighted by Crippen LogP contribution is 2.39. The Morgan fingerprint density at radius 3 is 1.32 bits per heavy atom. The number of pyridine rings is 2. The van der Waals surface area contributed by atoms with E-state index >= 15 is 0 Å². The molecule has 0 N–H and O–H groups in total. The Hall–Kier alpha value is -6.74. The molecular formula is C48H45N5O4. The minimum atomic E-state index is 0.451. The third-order valence-electron chi connectivity index (χ3n) is 9.33. The minimum Gasteiger partial charge on any atom is -0.457 e. The number of hydrogen-bond donors (Lipinski definition) is 0. The molecule has 4 heterocycles. The van der Waals surface area contributed by atoms with E-state index in [1.807, 2.05) is 85.1 Å². The summed E-state index contributed by atoms with van der Waals surface area (Å²) in [6.45, 7) is 12.8. The molecule has 0 aliphatic carbocycles. The molecule has 0 amide bonds. The van der Waals surface area contributed by atoms with Gasteiger partial charge >= 0.3 is 0 Å². The third-order valence-corrected chi connectivity index (χ3v) is 9.33. The van der Waals surface area contributed by atoms with Crippen LogP contribution in [-0.4, -0.2) is 24.5 Å². The summed E-state index contributed by atoms with van der Waals surface area (Å²) in [4.78, 5) is 18.1. The molecule has 0 radical (unpaired) electrons. The van der Waals surface area contributed by atoms with Gasteiger partial charge in [0.05, 0.1) is 11.0 Å². The first-order valence-electron chi connectivity index (χ1n) is 19.3. The normalized spacial score (nSPS) is 11.4. The molecular weight excluding hydrogens is 711 g/mol. The average molecular weight is 756 g/mol. The second kappa shape index (κ2) is 16.2. The molecule has 0 bridgehead atoms. The van der Waals surface area contributed by atoms with E-state index in [9.17, 15) is 0 Å². The maximum absolute atomic E-state index is 6.60. The molecule has 9 nitrogen and oxygen atoms in total. The van der Waals surface area contributed by atoms with Crippen molar-refractivity contribution in [3.05, 3.63) is 150 Å². The second-order valence-electron chi connectivity index (χ2n) is 15.3. The molecule has 8 aromatic rings. The van der Waals surface area contributed by atoms with E-state index in [1.165, 1.54) is 0 Å². The Kier molecular flexibility index (Phi) is 10.5. The van der Waals surface area contributed by atoms with E-state index in [-0.39, 0.29) is 0 Å². The summed E-state index contributed by atoms with van der Waals surface area (Å²) in [7, 11) is 0. The average Bonchev–Trinajstić information content (AvgIpc) is 3.47. The number of hydrogen-bond acceptors (Lipinski definition) is 8. The van der Waals surface area contributed by atoms with Crippen LogP contribution in [0.1, 0.15) is 49.9 Å². The number of aromatic nitrogens is 5. The van der Waals surface area contributed by atoms with Gasteiger partial charge in [-0.3, -0.25) is 4.57 Å². The zero-order valence-electron chi connectivity index (χ0n) is 33.1. The lowest BCUT2D eigenvalue weighted by molar-refractivity contribution is 0.446. The number of benzene rings is 4. The number of rotatable bonds is 13. The van der Waals surface area contributed by atoms with Crippen LogP contribution in [0.3, 0.4) is 0 Å². The van der Waals surface area contributed by atoms with Crippen molar-refractivity contribution in [3.63, 3.8) is 0 Å². The number of nitrogens with zero attached hydrogens (tertiary/aromatic N) is 5. The van der Waals surface area contributed by atoms with Gasteiger partial charge in [-0.2, -0.15) is 0 Å². The van der Waals surface area contributed by atoms with Crippen molar-refractivity contribution in [1.29, 1.82) is 0 Å². The molecule has 0 aliphatic rings. The maximum Gasteiger partial charge on any atom is 0.234 e. The Balaban J connectivity index is 1.16. The first-order chi connectivity index (χ1) is 27.6. The molecule has 4 aromatic heterocycles. The first kappa shape index (κ1) is 37.2. The monoisotopic (exact) mass is 755 g/mol. The van der Waals surface area contributed by atoms with Gasteiger partial charge in [0.25, 0.3) is 0 Å². The van der Waals surface area contributed by atoms with Crippen molar-refractivity contribution < 1.29 is 18.9 Å². The van der Waals surface area contributed by atoms with Crippen LogP contribution in [0.25, 0.3) is 27.8 Å². The first-order valence-corrected chi connectivity index (χ1v) is 19.3. The Labute approximate surface area is 332 Å². The predicted molar refractivity (Wildman–Crippen MR) is 225 cm³/mol. The zero-order chi connectivity index (χ0) is 39.5. The summed E-state index contributed by atoms with van der Waals surface area (Å²) in [5.74, 6) is 6.52. The summed E-state index contributed by atoms with van der Waals surface area (Å²) in [5, 5.41) is 2.06. The highest BCUT2D eigenvalue weighted by molar-refractivity contribution is 6.09. The number of aryl methyl sites for hydroxylation is 2. The van der Waals surface area contributed by atoms with Crippen molar-refractivity contribution in [2.75, 3.05) is 0 Å². The lowest BCUT2D eigenvalue weighted by Gasteiger charge is -2.14. The van der Waals surface area contributed by atoms with Crippen molar-refractivity contribution in [1.82, 2.24) is 24.5 Å². The van der Waals surface area contributed by atoms with Gasteiger partial charge in [-0.25, -0.2) is 19.9 Å². The van der Waals surface area contributed by atoms with E-state index in [2.05, 4.69) is 84.0 Å². The molecule has 8 rings (SSSR count). The SMILES string of the molecule is Cc1ccnc(Oc2cc(CC(C)C)cc(Oc3ccc4c5ccc(Oc6cc(CC(C)C)cc(Oc7cc(C)ccn7)c6)cc5n(-c5ncccn5)c4c3)c2)c1. The van der Waals surface area contributed by atoms with E-state index < -0.39 is 0 Å². The summed E-state index contributed by atoms with van der Waals surface area (Å²) in [6, 6.07) is 33.8. The maximum atomic E-state index is 6.60. The van der Waals surface area contributed by atoms with Gasteiger partial charge in [-0.05, 0) is 128 Å². The topological polar surface area (TPSA) is 93.4 Å². The molecule has 0 saturated carbocycles. The molecule has 0 unspecified atom stereocenters. The van der Waals surface area contributed by atoms with Gasteiger partial charge in [0, 0.05) is 72.0 Å². The standard InChI is InChI=1S/C48H45N5O4/c1-30(2)18-34-22-38(26-40(24-34)56-46-20-32(5)12-16-49-46)54-36-8-10-42-43-11-9-37(29-45(43)53(44(42)28-36)48-51-14-7-15-52-48)55-39-23-35(19-31(3)4)25-41(27-39)57-47-21-33(6)13-17-50-47/h7-17,20-31H,18-19H2,1-6H3. The molecule has 0 fully saturated rings. The van der Waals surface area contributed by atoms with E-state index in [0.29, 0.717) is 64.0 Å². The summed E-state index contributed by atoms with van der Waals surface area (Å²) in [5.41, 5.74) is 6.17. The molecule has 0 saturated heterocycles. The lowest BCUT2D eigenvalue weighted by atomic mass is 10.0. The molecule has 4 aromatic carbocycles. The van der Waals surface area contributed by atoms with Crippen LogP contribution in [0.15, 0.2) is 128 Å². The molecule has 286 valence electrons. The van der Waals surface area contributed by atoms with Gasteiger partial charge in [-0.1, -0.05) is 27.7 Å². The molecule has 0 spiro atoms. The van der Waals surface area contributed by atoms with Gasteiger partial charge in [0.15, 0.2) is 0 Å². The van der Waals surface area contributed by atoms with E-state index in [1.54, 1.807) is 24.8 Å². The van der Waals surface area contributed by atoms with Gasteiger partial charge in [-0.15, -0.1) is 0 Å².